The lowest BCUT2D eigenvalue weighted by atomic mass is 10.00. The number of carbonyl (C=O) groups is 3. The second-order valence-electron chi connectivity index (χ2n) is 9.64. The van der Waals surface area contributed by atoms with E-state index >= 15 is 0 Å². The van der Waals surface area contributed by atoms with Gasteiger partial charge in [-0.25, -0.2) is 0 Å². The van der Waals surface area contributed by atoms with Crippen molar-refractivity contribution in [2.45, 2.75) is 33.4 Å². The Balaban J connectivity index is 1.29. The number of ether oxygens (including phenoxy) is 2. The van der Waals surface area contributed by atoms with Gasteiger partial charge in [-0.15, -0.1) is 0 Å². The second kappa shape index (κ2) is 12.5. The van der Waals surface area contributed by atoms with Crippen molar-refractivity contribution >= 4 is 57.5 Å². The lowest BCUT2D eigenvalue weighted by molar-refractivity contribution is -0.136. The molecule has 0 atom stereocenters. The number of carbonyl (C=O) groups excluding carboxylic acids is 3. The van der Waals surface area contributed by atoms with Crippen molar-refractivity contribution in [3.8, 4) is 11.5 Å². The minimum Gasteiger partial charge on any atom is -0.490 e. The van der Waals surface area contributed by atoms with Gasteiger partial charge in [0.2, 0.25) is 5.91 Å². The number of benzene rings is 3. The van der Waals surface area contributed by atoms with Crippen molar-refractivity contribution < 1.29 is 23.9 Å². The lowest BCUT2D eigenvalue weighted by Gasteiger charge is -2.29. The quantitative estimate of drug-likeness (QED) is 0.210. The minimum absolute atomic E-state index is 0.235. The van der Waals surface area contributed by atoms with Crippen molar-refractivity contribution in [3.63, 3.8) is 0 Å². The second-order valence-corrected chi connectivity index (χ2v) is 11.8. The van der Waals surface area contributed by atoms with E-state index in [0.29, 0.717) is 43.4 Å². The van der Waals surface area contributed by atoms with Crippen LogP contribution in [0, 0.1) is 10.5 Å². The largest absolute Gasteiger partial charge is 0.490 e. The van der Waals surface area contributed by atoms with Crippen LogP contribution in [0.5, 0.6) is 11.5 Å². The Labute approximate surface area is 251 Å². The summed E-state index contributed by atoms with van der Waals surface area (Å²) in [6.07, 6.45) is 2.43. The van der Waals surface area contributed by atoms with Gasteiger partial charge in [-0.05, 0) is 95.1 Å². The van der Waals surface area contributed by atoms with E-state index in [4.69, 9.17) is 9.47 Å². The highest BCUT2D eigenvalue weighted by Gasteiger charge is 2.37. The third-order valence-corrected chi connectivity index (χ3v) is 8.49. The van der Waals surface area contributed by atoms with E-state index in [1.807, 2.05) is 62.4 Å². The fourth-order valence-electron chi connectivity index (χ4n) is 4.65. The maximum absolute atomic E-state index is 13.2. The van der Waals surface area contributed by atoms with Crippen molar-refractivity contribution in [2.75, 3.05) is 19.7 Å². The Morgan fingerprint density at radius 3 is 2.55 bits per heavy atom. The van der Waals surface area contributed by atoms with Gasteiger partial charge in [-0.1, -0.05) is 54.1 Å². The fraction of sp³-hybridized carbons (Fsp3) is 0.258. The zero-order valence-electron chi connectivity index (χ0n) is 22.3. The predicted molar refractivity (Wildman–Crippen MR) is 164 cm³/mol. The van der Waals surface area contributed by atoms with Gasteiger partial charge in [-0.2, -0.15) is 0 Å². The van der Waals surface area contributed by atoms with Gasteiger partial charge < -0.3 is 14.4 Å². The summed E-state index contributed by atoms with van der Waals surface area (Å²) in [4.78, 5) is 41.9. The number of nitrogens with zero attached hydrogens (tertiary/aromatic N) is 2. The molecule has 1 saturated heterocycles. The first-order valence-corrected chi connectivity index (χ1v) is 15.0. The third-order valence-electron chi connectivity index (χ3n) is 6.78. The van der Waals surface area contributed by atoms with Gasteiger partial charge in [-0.3, -0.25) is 19.3 Å². The Kier molecular flexibility index (Phi) is 8.80. The van der Waals surface area contributed by atoms with E-state index < -0.39 is 11.1 Å². The minimum atomic E-state index is -0.464. The van der Waals surface area contributed by atoms with Gasteiger partial charge in [0.1, 0.15) is 13.2 Å². The molecule has 5 rings (SSSR count). The first kappa shape index (κ1) is 28.2. The summed E-state index contributed by atoms with van der Waals surface area (Å²) in [6.45, 7) is 5.56. The first-order chi connectivity index (χ1) is 19.3. The van der Waals surface area contributed by atoms with Crippen LogP contribution in [0.15, 0.2) is 65.6 Å². The normalized spacial score (nSPS) is 15.9. The topological polar surface area (TPSA) is 76.2 Å². The Morgan fingerprint density at radius 1 is 1.05 bits per heavy atom. The van der Waals surface area contributed by atoms with E-state index in [0.717, 1.165) is 37.8 Å². The monoisotopic (exact) mass is 668 g/mol. The van der Waals surface area contributed by atoms with Crippen LogP contribution in [0.1, 0.15) is 34.7 Å². The van der Waals surface area contributed by atoms with Crippen LogP contribution < -0.4 is 9.47 Å². The molecule has 3 aromatic rings. The molecular formula is C31H29IN2O5S. The number of hydrogen-bond acceptors (Lipinski definition) is 6. The first-order valence-electron chi connectivity index (χ1n) is 13.1. The van der Waals surface area contributed by atoms with Crippen molar-refractivity contribution in [2.24, 2.45) is 0 Å². The van der Waals surface area contributed by atoms with Gasteiger partial charge in [0.05, 0.1) is 15.1 Å². The van der Waals surface area contributed by atoms with Gasteiger partial charge in [0.25, 0.3) is 11.1 Å². The molecule has 0 aliphatic carbocycles. The van der Waals surface area contributed by atoms with Crippen LogP contribution in [0.4, 0.5) is 4.79 Å². The molecule has 0 unspecified atom stereocenters. The molecule has 3 aromatic carbocycles. The molecule has 40 heavy (non-hydrogen) atoms. The maximum atomic E-state index is 13.2. The molecule has 0 saturated carbocycles. The highest BCUT2D eigenvalue weighted by atomic mass is 127. The molecule has 0 aromatic heterocycles. The summed E-state index contributed by atoms with van der Waals surface area (Å²) < 4.78 is 12.8. The molecule has 7 nitrogen and oxygen atoms in total. The maximum Gasteiger partial charge on any atom is 0.294 e. The predicted octanol–water partition coefficient (Wildman–Crippen LogP) is 6.20. The van der Waals surface area contributed by atoms with E-state index in [1.165, 1.54) is 11.1 Å². The summed E-state index contributed by atoms with van der Waals surface area (Å²) in [7, 11) is 0. The van der Waals surface area contributed by atoms with E-state index in [2.05, 4.69) is 28.7 Å². The summed E-state index contributed by atoms with van der Waals surface area (Å²) >= 11 is 3.03. The number of halogens is 1. The number of aryl methyl sites for hydroxylation is 1. The highest BCUT2D eigenvalue weighted by Crippen LogP contribution is 2.38. The molecule has 0 N–H and O–H groups in total. The van der Waals surface area contributed by atoms with Crippen LogP contribution in [0.3, 0.4) is 0 Å². The molecule has 0 bridgehead atoms. The molecule has 2 aliphatic heterocycles. The molecule has 0 radical (unpaired) electrons. The Hall–Kier alpha value is -3.31. The van der Waals surface area contributed by atoms with Crippen LogP contribution in [0.2, 0.25) is 0 Å². The smallest absolute Gasteiger partial charge is 0.294 e. The van der Waals surface area contributed by atoms with Crippen molar-refractivity contribution in [1.29, 1.82) is 0 Å². The van der Waals surface area contributed by atoms with Gasteiger partial charge in [0, 0.05) is 13.1 Å². The number of hydrogen-bond donors (Lipinski definition) is 0. The summed E-state index contributed by atoms with van der Waals surface area (Å²) in [5.41, 5.74) is 5.27. The van der Waals surface area contributed by atoms with Crippen molar-refractivity contribution in [3.05, 3.63) is 97.0 Å². The molecule has 1 fully saturated rings. The molecule has 9 heteroatoms. The van der Waals surface area contributed by atoms with Crippen molar-refractivity contribution in [1.82, 2.24) is 9.80 Å². The molecule has 0 spiro atoms. The van der Waals surface area contributed by atoms with Crippen LogP contribution in [-0.2, 0) is 29.2 Å². The third kappa shape index (κ3) is 6.36. The SMILES string of the molecule is CCOc1cc(/C=C2\SC(=O)N(CC(=O)N3CCc4ccccc4C3)C2=O)cc(I)c1OCc1ccc(C)cc1. The molecule has 206 valence electrons. The van der Waals surface area contributed by atoms with E-state index in [9.17, 15) is 14.4 Å². The Morgan fingerprint density at radius 2 is 1.80 bits per heavy atom. The summed E-state index contributed by atoms with van der Waals surface area (Å²) in [5.74, 6) is 0.490. The summed E-state index contributed by atoms with van der Waals surface area (Å²) in [5, 5.41) is -0.445. The molecule has 3 amide bonds. The summed E-state index contributed by atoms with van der Waals surface area (Å²) in [6, 6.07) is 19.9. The zero-order valence-corrected chi connectivity index (χ0v) is 25.3. The number of amides is 3. The van der Waals surface area contributed by atoms with Crippen LogP contribution in [-0.4, -0.2) is 46.5 Å². The standard InChI is InChI=1S/C31H29IN2O5S/c1-3-38-26-15-22(14-25(32)29(26)39-19-21-10-8-20(2)9-11-21)16-27-30(36)34(31(37)40-27)18-28(35)33-13-12-23-6-4-5-7-24(23)17-33/h4-11,14-16H,3,12-13,17-19H2,1-2H3/b27-16-. The number of fused-ring (bicyclic) bond motifs is 1. The molecular weight excluding hydrogens is 639 g/mol. The van der Waals surface area contributed by atoms with Gasteiger partial charge >= 0.3 is 0 Å². The number of rotatable bonds is 8. The van der Waals surface area contributed by atoms with Gasteiger partial charge in [0.15, 0.2) is 11.5 Å². The van der Waals surface area contributed by atoms with Crippen LogP contribution in [0.25, 0.3) is 6.08 Å². The number of thioether (sulfide) groups is 1. The average Bonchev–Trinajstić information content (AvgIpc) is 3.20. The fourth-order valence-corrected chi connectivity index (χ4v) is 6.27. The zero-order chi connectivity index (χ0) is 28.2. The molecule has 2 heterocycles. The average molecular weight is 669 g/mol. The Bertz CT molecular complexity index is 1490. The van der Waals surface area contributed by atoms with E-state index in [-0.39, 0.29) is 17.4 Å². The highest BCUT2D eigenvalue weighted by molar-refractivity contribution is 14.1. The lowest BCUT2D eigenvalue weighted by Crippen LogP contribution is -2.44. The van der Waals surface area contributed by atoms with Crippen LogP contribution >= 0.6 is 34.4 Å². The number of imide groups is 1. The molecule has 2 aliphatic rings. The van der Waals surface area contributed by atoms with E-state index in [1.54, 1.807) is 17.0 Å².